The second kappa shape index (κ2) is 8.49. The normalized spacial score (nSPS) is 10.6. The number of carbonyl (C=O) groups excluding carboxylic acids is 1. The molecule has 0 fully saturated rings. The minimum atomic E-state index is -0.294. The van der Waals surface area contributed by atoms with Gasteiger partial charge < -0.3 is 14.6 Å². The van der Waals surface area contributed by atoms with Crippen LogP contribution in [0.15, 0.2) is 54.7 Å². The van der Waals surface area contributed by atoms with Gasteiger partial charge in [0.05, 0.1) is 12.2 Å². The molecule has 1 amide bonds. The van der Waals surface area contributed by atoms with Crippen LogP contribution in [0, 0.1) is 19.7 Å². The number of amides is 1. The van der Waals surface area contributed by atoms with Crippen LogP contribution in [0.25, 0.3) is 5.82 Å². The molecule has 0 aliphatic heterocycles. The number of ether oxygens (including phenoxy) is 1. The van der Waals surface area contributed by atoms with Gasteiger partial charge in [-0.05, 0) is 62.7 Å². The van der Waals surface area contributed by atoms with E-state index in [-0.39, 0.29) is 11.7 Å². The molecule has 0 radical (unpaired) electrons. The van der Waals surface area contributed by atoms with E-state index in [1.807, 2.05) is 42.7 Å². The molecular formula is C21H22FN3O2. The minimum absolute atomic E-state index is 0.118. The predicted molar refractivity (Wildman–Crippen MR) is 102 cm³/mol. The molecule has 1 aromatic carbocycles. The van der Waals surface area contributed by atoms with Crippen molar-refractivity contribution in [2.24, 2.45) is 0 Å². The maximum absolute atomic E-state index is 12.8. The quantitative estimate of drug-likeness (QED) is 0.646. The molecule has 0 saturated heterocycles. The molecule has 5 nitrogen and oxygen atoms in total. The number of pyridine rings is 1. The second-order valence-electron chi connectivity index (χ2n) is 6.22. The number of rotatable bonds is 7. The van der Waals surface area contributed by atoms with Crippen molar-refractivity contribution in [2.45, 2.75) is 20.3 Å². The molecule has 6 heteroatoms. The Hall–Kier alpha value is -3.15. The van der Waals surface area contributed by atoms with Gasteiger partial charge >= 0.3 is 0 Å². The number of benzene rings is 1. The smallest absolute Gasteiger partial charge is 0.253 e. The Morgan fingerprint density at radius 1 is 1.19 bits per heavy atom. The van der Waals surface area contributed by atoms with E-state index in [1.54, 1.807) is 18.3 Å². The molecule has 0 aliphatic carbocycles. The number of nitrogens with one attached hydrogen (secondary N) is 1. The largest absolute Gasteiger partial charge is 0.494 e. The van der Waals surface area contributed by atoms with E-state index in [4.69, 9.17) is 4.74 Å². The zero-order valence-corrected chi connectivity index (χ0v) is 15.4. The highest BCUT2D eigenvalue weighted by Gasteiger charge is 2.16. The second-order valence-corrected chi connectivity index (χ2v) is 6.22. The van der Waals surface area contributed by atoms with Crippen LogP contribution in [0.1, 0.15) is 28.2 Å². The summed E-state index contributed by atoms with van der Waals surface area (Å²) < 4.78 is 20.3. The molecule has 0 spiro atoms. The molecular weight excluding hydrogens is 345 g/mol. The Morgan fingerprint density at radius 3 is 2.67 bits per heavy atom. The lowest BCUT2D eigenvalue weighted by Crippen LogP contribution is -2.26. The highest BCUT2D eigenvalue weighted by molar-refractivity contribution is 5.95. The lowest BCUT2D eigenvalue weighted by Gasteiger charge is -2.09. The molecule has 3 rings (SSSR count). The maximum Gasteiger partial charge on any atom is 0.253 e. The Labute approximate surface area is 157 Å². The van der Waals surface area contributed by atoms with Crippen molar-refractivity contribution in [2.75, 3.05) is 13.2 Å². The minimum Gasteiger partial charge on any atom is -0.494 e. The van der Waals surface area contributed by atoms with E-state index in [9.17, 15) is 9.18 Å². The van der Waals surface area contributed by atoms with Crippen molar-refractivity contribution >= 4 is 5.91 Å². The molecule has 0 atom stereocenters. The first-order valence-electron chi connectivity index (χ1n) is 8.83. The van der Waals surface area contributed by atoms with Crippen LogP contribution in [-0.4, -0.2) is 28.6 Å². The average molecular weight is 367 g/mol. The zero-order chi connectivity index (χ0) is 19.2. The van der Waals surface area contributed by atoms with Crippen LogP contribution < -0.4 is 10.1 Å². The van der Waals surface area contributed by atoms with Crippen LogP contribution in [0.2, 0.25) is 0 Å². The lowest BCUT2D eigenvalue weighted by molar-refractivity contribution is 0.0951. The molecule has 0 saturated carbocycles. The van der Waals surface area contributed by atoms with Gasteiger partial charge in [-0.1, -0.05) is 6.07 Å². The summed E-state index contributed by atoms with van der Waals surface area (Å²) in [6.45, 7) is 4.80. The molecule has 0 bridgehead atoms. The first kappa shape index (κ1) is 18.6. The number of halogens is 1. The zero-order valence-electron chi connectivity index (χ0n) is 15.4. The monoisotopic (exact) mass is 367 g/mol. The Morgan fingerprint density at radius 2 is 1.96 bits per heavy atom. The summed E-state index contributed by atoms with van der Waals surface area (Å²) in [6, 6.07) is 13.4. The third kappa shape index (κ3) is 4.53. The molecule has 0 aliphatic rings. The van der Waals surface area contributed by atoms with E-state index in [0.29, 0.717) is 30.9 Å². The third-order valence-electron chi connectivity index (χ3n) is 4.24. The number of aromatic nitrogens is 2. The fourth-order valence-corrected chi connectivity index (χ4v) is 2.92. The van der Waals surface area contributed by atoms with Crippen LogP contribution >= 0.6 is 0 Å². The molecule has 2 aromatic heterocycles. The SMILES string of the molecule is Cc1cc(C(=O)NCCCOc2ccc(F)cc2)c(C)n1-c1ccccn1. The summed E-state index contributed by atoms with van der Waals surface area (Å²) in [5.41, 5.74) is 2.44. The first-order chi connectivity index (χ1) is 13.1. The van der Waals surface area contributed by atoms with E-state index >= 15 is 0 Å². The summed E-state index contributed by atoms with van der Waals surface area (Å²) >= 11 is 0. The van der Waals surface area contributed by atoms with E-state index in [1.165, 1.54) is 12.1 Å². The van der Waals surface area contributed by atoms with E-state index in [2.05, 4.69) is 10.3 Å². The molecule has 27 heavy (non-hydrogen) atoms. The number of aryl methyl sites for hydroxylation is 1. The summed E-state index contributed by atoms with van der Waals surface area (Å²) in [5.74, 6) is 0.992. The summed E-state index contributed by atoms with van der Waals surface area (Å²) in [5, 5.41) is 2.91. The van der Waals surface area contributed by atoms with Gasteiger partial charge in [0.2, 0.25) is 0 Å². The Kier molecular flexibility index (Phi) is 5.86. The van der Waals surface area contributed by atoms with Crippen LogP contribution in [0.5, 0.6) is 5.75 Å². The number of carbonyl (C=O) groups is 1. The van der Waals surface area contributed by atoms with Crippen molar-refractivity contribution in [3.05, 3.63) is 77.5 Å². The Bertz CT molecular complexity index is 905. The van der Waals surface area contributed by atoms with Crippen molar-refractivity contribution < 1.29 is 13.9 Å². The van der Waals surface area contributed by atoms with Crippen LogP contribution in [0.3, 0.4) is 0 Å². The summed E-state index contributed by atoms with van der Waals surface area (Å²) in [4.78, 5) is 16.9. The molecule has 2 heterocycles. The predicted octanol–water partition coefficient (Wildman–Crippen LogP) is 3.83. The lowest BCUT2D eigenvalue weighted by atomic mass is 10.2. The molecule has 140 valence electrons. The van der Waals surface area contributed by atoms with Crippen LogP contribution in [-0.2, 0) is 0 Å². The van der Waals surface area contributed by atoms with Crippen LogP contribution in [0.4, 0.5) is 4.39 Å². The first-order valence-corrected chi connectivity index (χ1v) is 8.83. The van der Waals surface area contributed by atoms with Gasteiger partial charge in [-0.3, -0.25) is 4.79 Å². The Balaban J connectivity index is 1.53. The van der Waals surface area contributed by atoms with Gasteiger partial charge in [0.1, 0.15) is 17.4 Å². The topological polar surface area (TPSA) is 56.1 Å². The van der Waals surface area contributed by atoms with Crippen molar-refractivity contribution in [3.8, 4) is 11.6 Å². The fraction of sp³-hybridized carbons (Fsp3) is 0.238. The number of hydrogen-bond donors (Lipinski definition) is 1. The molecule has 3 aromatic rings. The van der Waals surface area contributed by atoms with Crippen molar-refractivity contribution in [1.82, 2.24) is 14.9 Å². The van der Waals surface area contributed by atoms with Crippen molar-refractivity contribution in [1.29, 1.82) is 0 Å². The van der Waals surface area contributed by atoms with Gasteiger partial charge in [-0.25, -0.2) is 9.37 Å². The summed E-state index contributed by atoms with van der Waals surface area (Å²) in [6.07, 6.45) is 2.39. The molecule has 1 N–H and O–H groups in total. The fourth-order valence-electron chi connectivity index (χ4n) is 2.92. The summed E-state index contributed by atoms with van der Waals surface area (Å²) in [7, 11) is 0. The average Bonchev–Trinajstić information content (AvgIpc) is 2.98. The highest BCUT2D eigenvalue weighted by Crippen LogP contribution is 2.19. The van der Waals surface area contributed by atoms with Gasteiger partial charge in [-0.2, -0.15) is 0 Å². The molecule has 0 unspecified atom stereocenters. The maximum atomic E-state index is 12.8. The van der Waals surface area contributed by atoms with Gasteiger partial charge in [0, 0.05) is 24.1 Å². The van der Waals surface area contributed by atoms with E-state index in [0.717, 1.165) is 17.2 Å². The van der Waals surface area contributed by atoms with Gasteiger partial charge in [0.25, 0.3) is 5.91 Å². The number of nitrogens with zero attached hydrogens (tertiary/aromatic N) is 2. The third-order valence-corrected chi connectivity index (χ3v) is 4.24. The van der Waals surface area contributed by atoms with Gasteiger partial charge in [-0.15, -0.1) is 0 Å². The highest BCUT2D eigenvalue weighted by atomic mass is 19.1. The van der Waals surface area contributed by atoms with Gasteiger partial charge in [0.15, 0.2) is 0 Å². The van der Waals surface area contributed by atoms with E-state index < -0.39 is 0 Å². The van der Waals surface area contributed by atoms with Crippen molar-refractivity contribution in [3.63, 3.8) is 0 Å². The number of hydrogen-bond acceptors (Lipinski definition) is 3. The standard InChI is InChI=1S/C21H22FN3O2/c1-15-14-19(16(2)25(15)20-6-3-4-11-23-20)21(26)24-12-5-13-27-18-9-7-17(22)8-10-18/h3-4,6-11,14H,5,12-13H2,1-2H3,(H,24,26).